The lowest BCUT2D eigenvalue weighted by atomic mass is 10.2. The Kier molecular flexibility index (Phi) is 9.44. The SMILES string of the molecule is C=N/C(=N\OCCNC(=O)NC(C)C)C(C)NC(=O)OC(C)(C)C. The Hall–Kier alpha value is -2.32. The first-order chi connectivity index (χ1) is 11.0. The van der Waals surface area contributed by atoms with Crippen LogP contribution in [0.2, 0.25) is 0 Å². The van der Waals surface area contributed by atoms with Crippen LogP contribution in [0.4, 0.5) is 9.59 Å². The Bertz CT molecular complexity index is 457. The molecule has 0 aromatic carbocycles. The molecule has 0 aromatic heterocycles. The molecule has 0 aromatic rings. The van der Waals surface area contributed by atoms with Crippen molar-refractivity contribution in [2.24, 2.45) is 10.1 Å². The summed E-state index contributed by atoms with van der Waals surface area (Å²) in [5.41, 5.74) is -0.596. The highest BCUT2D eigenvalue weighted by Gasteiger charge is 2.19. The topological polar surface area (TPSA) is 113 Å². The Labute approximate surface area is 143 Å². The van der Waals surface area contributed by atoms with Gasteiger partial charge in [-0.05, 0) is 48.3 Å². The molecule has 0 aliphatic heterocycles. The van der Waals surface area contributed by atoms with Gasteiger partial charge in [0, 0.05) is 6.04 Å². The molecule has 3 N–H and O–H groups in total. The number of carbonyl (C=O) groups is 2. The zero-order chi connectivity index (χ0) is 18.8. The third-order valence-electron chi connectivity index (χ3n) is 2.34. The number of carbonyl (C=O) groups excluding carboxylic acids is 2. The number of nitrogens with one attached hydrogen (secondary N) is 3. The van der Waals surface area contributed by atoms with Crippen molar-refractivity contribution in [1.29, 1.82) is 0 Å². The number of alkyl carbamates (subject to hydrolysis) is 1. The van der Waals surface area contributed by atoms with Crippen LogP contribution in [-0.4, -0.2) is 55.5 Å². The van der Waals surface area contributed by atoms with E-state index >= 15 is 0 Å². The molecule has 3 amide bonds. The predicted molar refractivity (Wildman–Crippen MR) is 93.4 cm³/mol. The van der Waals surface area contributed by atoms with Gasteiger partial charge in [-0.3, -0.25) is 0 Å². The summed E-state index contributed by atoms with van der Waals surface area (Å²) >= 11 is 0. The molecule has 1 atom stereocenters. The second-order valence-corrected chi connectivity index (χ2v) is 6.36. The van der Waals surface area contributed by atoms with Crippen LogP contribution in [0, 0.1) is 0 Å². The first kappa shape index (κ1) is 21.7. The van der Waals surface area contributed by atoms with Crippen LogP contribution in [0.25, 0.3) is 0 Å². The summed E-state index contributed by atoms with van der Waals surface area (Å²) in [6.45, 7) is 14.5. The average Bonchev–Trinajstić information content (AvgIpc) is 2.39. The molecule has 138 valence electrons. The van der Waals surface area contributed by atoms with Gasteiger partial charge in [0.05, 0.1) is 12.6 Å². The van der Waals surface area contributed by atoms with Crippen LogP contribution < -0.4 is 16.0 Å². The average molecular weight is 343 g/mol. The lowest BCUT2D eigenvalue weighted by molar-refractivity contribution is 0.0519. The Morgan fingerprint density at radius 3 is 2.29 bits per heavy atom. The zero-order valence-electron chi connectivity index (χ0n) is 15.3. The summed E-state index contributed by atoms with van der Waals surface area (Å²) < 4.78 is 5.14. The molecule has 9 heteroatoms. The van der Waals surface area contributed by atoms with E-state index in [2.05, 4.69) is 32.8 Å². The summed E-state index contributed by atoms with van der Waals surface area (Å²) in [6, 6.07) is -0.755. The van der Waals surface area contributed by atoms with Gasteiger partial charge in [0.25, 0.3) is 0 Å². The van der Waals surface area contributed by atoms with Crippen LogP contribution in [0.15, 0.2) is 10.1 Å². The molecule has 1 unspecified atom stereocenters. The van der Waals surface area contributed by atoms with E-state index in [1.807, 2.05) is 13.8 Å². The molecule has 0 bridgehead atoms. The fourth-order valence-electron chi connectivity index (χ4n) is 1.43. The van der Waals surface area contributed by atoms with E-state index in [0.717, 1.165) is 0 Å². The molecule has 0 heterocycles. The number of aliphatic imine (C=N–C) groups is 1. The van der Waals surface area contributed by atoms with Gasteiger partial charge in [-0.2, -0.15) is 0 Å². The van der Waals surface area contributed by atoms with Gasteiger partial charge in [0.2, 0.25) is 0 Å². The number of oxime groups is 1. The highest BCUT2D eigenvalue weighted by molar-refractivity contribution is 5.92. The Morgan fingerprint density at radius 1 is 1.17 bits per heavy atom. The second-order valence-electron chi connectivity index (χ2n) is 6.36. The number of hydrogen-bond acceptors (Lipinski definition) is 5. The van der Waals surface area contributed by atoms with Crippen LogP contribution in [0.1, 0.15) is 41.5 Å². The molecule has 0 fully saturated rings. The third-order valence-corrected chi connectivity index (χ3v) is 2.34. The summed E-state index contributed by atoms with van der Waals surface area (Å²) in [5, 5.41) is 11.7. The molecular weight excluding hydrogens is 314 g/mol. The number of amidine groups is 1. The minimum Gasteiger partial charge on any atom is -0.444 e. The Morgan fingerprint density at radius 2 is 1.79 bits per heavy atom. The number of hydrogen-bond donors (Lipinski definition) is 3. The van der Waals surface area contributed by atoms with Gasteiger partial charge in [0.15, 0.2) is 5.84 Å². The van der Waals surface area contributed by atoms with Crippen molar-refractivity contribution in [2.75, 3.05) is 13.2 Å². The lowest BCUT2D eigenvalue weighted by Gasteiger charge is -2.21. The van der Waals surface area contributed by atoms with Crippen LogP contribution >= 0.6 is 0 Å². The van der Waals surface area contributed by atoms with Crippen LogP contribution in [0.5, 0.6) is 0 Å². The number of nitrogens with zero attached hydrogens (tertiary/aromatic N) is 2. The quantitative estimate of drug-likeness (QED) is 0.282. The smallest absolute Gasteiger partial charge is 0.408 e. The minimum atomic E-state index is -0.596. The molecule has 0 radical (unpaired) electrons. The molecule has 0 aliphatic carbocycles. The Balaban J connectivity index is 4.23. The zero-order valence-corrected chi connectivity index (χ0v) is 15.3. The molecule has 24 heavy (non-hydrogen) atoms. The van der Waals surface area contributed by atoms with Crippen molar-refractivity contribution in [2.45, 2.75) is 59.2 Å². The standard InChI is InChI=1S/C15H29N5O4/c1-10(2)18-13(21)17-8-9-23-20-12(16-7)11(3)19-14(22)24-15(4,5)6/h10-11H,7-9H2,1-6H3,(H,19,22)(H2,17,18,21)/b20-12-. The van der Waals surface area contributed by atoms with Gasteiger partial charge in [0.1, 0.15) is 12.2 Å². The minimum absolute atomic E-state index is 0.0558. The molecule has 0 saturated carbocycles. The predicted octanol–water partition coefficient (Wildman–Crippen LogP) is 1.64. The molecule has 0 spiro atoms. The molecule has 0 rings (SSSR count). The van der Waals surface area contributed by atoms with E-state index in [0.29, 0.717) is 0 Å². The number of amides is 3. The van der Waals surface area contributed by atoms with Crippen molar-refractivity contribution in [3.8, 4) is 0 Å². The van der Waals surface area contributed by atoms with Gasteiger partial charge >= 0.3 is 12.1 Å². The highest BCUT2D eigenvalue weighted by Crippen LogP contribution is 2.07. The fraction of sp³-hybridized carbons (Fsp3) is 0.733. The van der Waals surface area contributed by atoms with Gasteiger partial charge in [-0.25, -0.2) is 14.6 Å². The summed E-state index contributed by atoms with van der Waals surface area (Å²) in [4.78, 5) is 31.8. The molecule has 0 saturated heterocycles. The number of urea groups is 1. The van der Waals surface area contributed by atoms with E-state index in [4.69, 9.17) is 9.57 Å². The van der Waals surface area contributed by atoms with Gasteiger partial charge < -0.3 is 25.5 Å². The van der Waals surface area contributed by atoms with E-state index < -0.39 is 17.7 Å². The first-order valence-corrected chi connectivity index (χ1v) is 7.75. The van der Waals surface area contributed by atoms with E-state index in [9.17, 15) is 9.59 Å². The largest absolute Gasteiger partial charge is 0.444 e. The maximum absolute atomic E-state index is 11.7. The number of rotatable bonds is 7. The van der Waals surface area contributed by atoms with Crippen molar-refractivity contribution < 1.29 is 19.2 Å². The normalized spacial score (nSPS) is 13.0. The maximum atomic E-state index is 11.7. The van der Waals surface area contributed by atoms with E-state index in [-0.39, 0.29) is 31.1 Å². The van der Waals surface area contributed by atoms with Gasteiger partial charge in [-0.15, -0.1) is 0 Å². The van der Waals surface area contributed by atoms with E-state index in [1.54, 1.807) is 27.7 Å². The molecular formula is C15H29N5O4. The number of ether oxygens (including phenoxy) is 1. The molecule has 9 nitrogen and oxygen atoms in total. The van der Waals surface area contributed by atoms with E-state index in [1.165, 1.54) is 0 Å². The maximum Gasteiger partial charge on any atom is 0.408 e. The van der Waals surface area contributed by atoms with Crippen LogP contribution in [0.3, 0.4) is 0 Å². The highest BCUT2D eigenvalue weighted by atomic mass is 16.6. The van der Waals surface area contributed by atoms with Crippen LogP contribution in [-0.2, 0) is 9.57 Å². The third kappa shape index (κ3) is 11.3. The summed E-state index contributed by atoms with van der Waals surface area (Å²) in [7, 11) is 0. The van der Waals surface area contributed by atoms with Crippen molar-refractivity contribution in [3.05, 3.63) is 0 Å². The first-order valence-electron chi connectivity index (χ1n) is 7.75. The molecule has 0 aliphatic rings. The monoisotopic (exact) mass is 343 g/mol. The van der Waals surface area contributed by atoms with Crippen molar-refractivity contribution in [3.63, 3.8) is 0 Å². The summed E-state index contributed by atoms with van der Waals surface area (Å²) in [5.74, 6) is 0.201. The van der Waals surface area contributed by atoms with Crippen molar-refractivity contribution in [1.82, 2.24) is 16.0 Å². The van der Waals surface area contributed by atoms with Crippen molar-refractivity contribution >= 4 is 24.7 Å². The summed E-state index contributed by atoms with van der Waals surface area (Å²) in [6.07, 6.45) is -0.585. The second kappa shape index (κ2) is 10.5. The van der Waals surface area contributed by atoms with Gasteiger partial charge in [-0.1, -0.05) is 5.16 Å². The lowest BCUT2D eigenvalue weighted by Crippen LogP contribution is -2.41. The fourth-order valence-corrected chi connectivity index (χ4v) is 1.43.